The molecule has 0 spiro atoms. The molecule has 11 heavy (non-hydrogen) atoms. The van der Waals surface area contributed by atoms with Crippen molar-refractivity contribution in [2.24, 2.45) is 0 Å². The van der Waals surface area contributed by atoms with Gasteiger partial charge in [-0.2, -0.15) is 0 Å². The molecule has 0 fully saturated rings. The van der Waals surface area contributed by atoms with Crippen molar-refractivity contribution in [2.45, 2.75) is 9.59 Å². The predicted octanol–water partition coefficient (Wildman–Crippen LogP) is 2.31. The maximum atomic E-state index is 2.29. The van der Waals surface area contributed by atoms with Gasteiger partial charge < -0.3 is 0 Å². The molecule has 50 valence electrons. The van der Waals surface area contributed by atoms with Crippen LogP contribution in [0.5, 0.6) is 0 Å². The van der Waals surface area contributed by atoms with Crippen LogP contribution >= 0.6 is 0 Å². The molecule has 0 aliphatic heterocycles. The Kier molecular flexibility index (Phi) is 2.17. The summed E-state index contributed by atoms with van der Waals surface area (Å²) in [5.74, 6) is 0. The molecular weight excluding hydrogens is 143 g/mol. The summed E-state index contributed by atoms with van der Waals surface area (Å²) >= 11 is 1.28. The first-order valence-electron chi connectivity index (χ1n) is 4.13. The Morgan fingerprint density at radius 3 is 2.91 bits per heavy atom. The van der Waals surface area contributed by atoms with Gasteiger partial charge in [0, 0.05) is 0 Å². The Morgan fingerprint density at radius 2 is 2.09 bits per heavy atom. The monoisotopic (exact) mass is 152 g/mol. The molecule has 0 aromatic heterocycles. The van der Waals surface area contributed by atoms with Crippen LogP contribution in [0.4, 0.5) is 0 Å². The molecule has 0 amide bonds. The molecule has 1 unspecified atom stereocenters. The van der Waals surface area contributed by atoms with Crippen LogP contribution in [-0.2, 0) is 0 Å². The Hall–Kier alpha value is -0.0400. The molecule has 0 N–H and O–H groups in total. The Labute approximate surface area is 84.7 Å². The van der Waals surface area contributed by atoms with Gasteiger partial charge in [-0.3, -0.25) is 0 Å². The zero-order valence-corrected chi connectivity index (χ0v) is 8.75. The number of benzene rings is 1. The summed E-state index contributed by atoms with van der Waals surface area (Å²) in [6.07, 6.45) is 5.78. The van der Waals surface area contributed by atoms with Crippen LogP contribution in [0.1, 0.15) is 20.7 Å². The Bertz CT molecular complexity index is 289. The molecule has 0 saturated heterocycles. The minimum atomic E-state index is 0.844. The van der Waals surface area contributed by atoms with Gasteiger partial charge in [0.05, 0.1) is 0 Å². The van der Waals surface area contributed by atoms with E-state index in [-0.39, 0.29) is 0 Å². The first-order valence-corrected chi connectivity index (χ1v) is 5.29. The van der Waals surface area contributed by atoms with Crippen molar-refractivity contribution in [3.8, 4) is 0 Å². The SMILES string of the molecule is [Na][CH]1CC=Cc2ccccc21. The van der Waals surface area contributed by atoms with Crippen molar-refractivity contribution in [3.63, 3.8) is 0 Å². The van der Waals surface area contributed by atoms with Crippen LogP contribution in [0.3, 0.4) is 0 Å². The van der Waals surface area contributed by atoms with Crippen molar-refractivity contribution in [1.82, 2.24) is 0 Å². The van der Waals surface area contributed by atoms with Crippen LogP contribution in [0.15, 0.2) is 30.3 Å². The molecule has 0 nitrogen and oxygen atoms in total. The van der Waals surface area contributed by atoms with Crippen molar-refractivity contribution in [2.75, 3.05) is 0 Å². The van der Waals surface area contributed by atoms with Crippen LogP contribution < -0.4 is 0 Å². The average molecular weight is 152 g/mol. The number of allylic oxidation sites excluding steroid dienone is 1. The molecule has 1 heteroatoms. The van der Waals surface area contributed by atoms with E-state index < -0.39 is 0 Å². The zero-order chi connectivity index (χ0) is 7.68. The van der Waals surface area contributed by atoms with E-state index in [1.807, 2.05) is 0 Å². The Balaban J connectivity index is 2.54. The van der Waals surface area contributed by atoms with Gasteiger partial charge in [-0.05, 0) is 0 Å². The third kappa shape index (κ3) is 1.44. The first-order chi connectivity index (χ1) is 5.38. The van der Waals surface area contributed by atoms with Crippen LogP contribution in [0, 0.1) is 0 Å². The van der Waals surface area contributed by atoms with Gasteiger partial charge in [0.25, 0.3) is 0 Å². The summed E-state index contributed by atoms with van der Waals surface area (Å²) < 4.78 is 0.844. The standard InChI is InChI=1S/C10H9.Na/c1-2-6-10-8-4-3-7-9(10)5-1;/h1-3,5-8H,4H2;. The fourth-order valence-corrected chi connectivity index (χ4v) is 2.44. The third-order valence-corrected chi connectivity index (χ3v) is 3.41. The number of fused-ring (bicyclic) bond motifs is 1. The topological polar surface area (TPSA) is 0 Å². The summed E-state index contributed by atoms with van der Waals surface area (Å²) in [4.78, 5) is 0. The second-order valence-corrected chi connectivity index (χ2v) is 4.56. The molecule has 1 aliphatic carbocycles. The molecule has 1 aliphatic rings. The molecule has 0 heterocycles. The van der Waals surface area contributed by atoms with E-state index in [4.69, 9.17) is 0 Å². The molecule has 1 aromatic carbocycles. The number of hydrogen-bond acceptors (Lipinski definition) is 0. The van der Waals surface area contributed by atoms with Crippen LogP contribution in [0.2, 0.25) is 0 Å². The van der Waals surface area contributed by atoms with Gasteiger partial charge in [0.1, 0.15) is 0 Å². The summed E-state index contributed by atoms with van der Waals surface area (Å²) in [5.41, 5.74) is 2.99. The van der Waals surface area contributed by atoms with Gasteiger partial charge in [0.15, 0.2) is 0 Å². The summed E-state index contributed by atoms with van der Waals surface area (Å²) in [5, 5.41) is 0. The van der Waals surface area contributed by atoms with Gasteiger partial charge in [-0.25, -0.2) is 0 Å². The zero-order valence-electron chi connectivity index (χ0n) is 6.75. The third-order valence-electron chi connectivity index (χ3n) is 2.31. The predicted molar refractivity (Wildman–Crippen MR) is 48.6 cm³/mol. The van der Waals surface area contributed by atoms with Crippen molar-refractivity contribution in [1.29, 1.82) is 0 Å². The summed E-state index contributed by atoms with van der Waals surface area (Å²) in [6, 6.07) is 8.72. The fourth-order valence-electron chi connectivity index (χ4n) is 1.64. The molecule has 1 atom stereocenters. The molecule has 2 rings (SSSR count). The fraction of sp³-hybridized carbons (Fsp3) is 0.200. The molecular formula is C10H9Na. The quantitative estimate of drug-likeness (QED) is 0.500. The van der Waals surface area contributed by atoms with E-state index >= 15 is 0 Å². The van der Waals surface area contributed by atoms with E-state index in [0.29, 0.717) is 0 Å². The normalized spacial score (nSPS) is 21.5. The molecule has 1 aromatic rings. The minimum absolute atomic E-state index is 0.844. The average Bonchev–Trinajstić information content (AvgIpc) is 2.06. The first kappa shape index (κ1) is 7.60. The maximum absolute atomic E-state index is 2.29. The van der Waals surface area contributed by atoms with E-state index in [2.05, 4.69) is 36.4 Å². The van der Waals surface area contributed by atoms with E-state index in [0.717, 1.165) is 3.17 Å². The molecule has 0 bridgehead atoms. The van der Waals surface area contributed by atoms with Crippen molar-refractivity contribution < 1.29 is 0 Å². The van der Waals surface area contributed by atoms with E-state index in [1.54, 1.807) is 5.56 Å². The van der Waals surface area contributed by atoms with Gasteiger partial charge in [-0.15, -0.1) is 0 Å². The number of hydrogen-bond donors (Lipinski definition) is 0. The van der Waals surface area contributed by atoms with Gasteiger partial charge in [-0.1, -0.05) is 0 Å². The van der Waals surface area contributed by atoms with Gasteiger partial charge in [0.2, 0.25) is 0 Å². The summed E-state index contributed by atoms with van der Waals surface area (Å²) in [7, 11) is 0. The number of rotatable bonds is 0. The van der Waals surface area contributed by atoms with Crippen molar-refractivity contribution >= 4 is 34.0 Å². The summed E-state index contributed by atoms with van der Waals surface area (Å²) in [6.45, 7) is 0. The second-order valence-electron chi connectivity index (χ2n) is 3.17. The van der Waals surface area contributed by atoms with Crippen LogP contribution in [-0.4, -0.2) is 27.9 Å². The Morgan fingerprint density at radius 1 is 1.27 bits per heavy atom. The van der Waals surface area contributed by atoms with E-state index in [1.165, 1.54) is 39.9 Å². The van der Waals surface area contributed by atoms with Crippen molar-refractivity contribution in [3.05, 3.63) is 41.5 Å². The van der Waals surface area contributed by atoms with Gasteiger partial charge >= 0.3 is 85.1 Å². The second kappa shape index (κ2) is 3.14. The van der Waals surface area contributed by atoms with E-state index in [9.17, 15) is 0 Å². The van der Waals surface area contributed by atoms with Crippen LogP contribution in [0.25, 0.3) is 6.08 Å². The molecule has 0 radical (unpaired) electrons. The molecule has 0 saturated carbocycles.